The molecule has 39 heavy (non-hydrogen) atoms. The fraction of sp³-hybridized carbons (Fsp3) is 0.229. The molecule has 7 aromatic rings. The summed E-state index contributed by atoms with van der Waals surface area (Å²) in [4.78, 5) is 0. The van der Waals surface area contributed by atoms with Crippen LogP contribution in [0, 0.1) is 6.92 Å². The van der Waals surface area contributed by atoms with Crippen molar-refractivity contribution in [2.24, 2.45) is 7.05 Å². The smallest absolute Gasteiger partial charge is 0.297 e. The summed E-state index contributed by atoms with van der Waals surface area (Å²) >= 11 is 0. The molecular formula is C35H33N2O2+. The molecule has 0 saturated carbocycles. The van der Waals surface area contributed by atoms with Crippen LogP contribution in [0.25, 0.3) is 61.0 Å². The van der Waals surface area contributed by atoms with E-state index < -0.39 is 0 Å². The fourth-order valence-corrected chi connectivity index (χ4v) is 6.27. The summed E-state index contributed by atoms with van der Waals surface area (Å²) in [6.45, 7) is 11.3. The van der Waals surface area contributed by atoms with Crippen molar-refractivity contribution in [3.05, 3.63) is 95.8 Å². The first-order valence-corrected chi connectivity index (χ1v) is 13.8. The van der Waals surface area contributed by atoms with E-state index in [0.29, 0.717) is 11.8 Å². The molecule has 194 valence electrons. The minimum Gasteiger partial charge on any atom is -0.456 e. The maximum Gasteiger partial charge on any atom is 0.297 e. The molecule has 4 aromatic carbocycles. The number of hydrogen-bond donors (Lipinski definition) is 0. The third kappa shape index (κ3) is 3.40. The van der Waals surface area contributed by atoms with Gasteiger partial charge in [0.15, 0.2) is 5.58 Å². The Hall–Kier alpha value is -4.31. The Bertz CT molecular complexity index is 2020. The molecule has 3 heterocycles. The molecule has 4 nitrogen and oxygen atoms in total. The number of nitrogens with zero attached hydrogens (tertiary/aromatic N) is 2. The van der Waals surface area contributed by atoms with Crippen molar-refractivity contribution in [3.63, 3.8) is 0 Å². The number of hydrogen-bond acceptors (Lipinski definition) is 2. The zero-order valence-corrected chi connectivity index (χ0v) is 23.4. The molecule has 4 heteroatoms. The van der Waals surface area contributed by atoms with E-state index in [2.05, 4.69) is 106 Å². The highest BCUT2D eigenvalue weighted by Crippen LogP contribution is 2.43. The summed E-state index contributed by atoms with van der Waals surface area (Å²) in [7, 11) is 2.13. The van der Waals surface area contributed by atoms with E-state index in [-0.39, 0.29) is 0 Å². The third-order valence-corrected chi connectivity index (χ3v) is 8.16. The van der Waals surface area contributed by atoms with Gasteiger partial charge in [-0.1, -0.05) is 76.2 Å². The Morgan fingerprint density at radius 2 is 1.36 bits per heavy atom. The molecule has 3 aromatic heterocycles. The van der Waals surface area contributed by atoms with Crippen molar-refractivity contribution in [1.29, 1.82) is 0 Å². The average Bonchev–Trinajstić information content (AvgIpc) is 3.60. The number of furan rings is 2. The Balaban J connectivity index is 1.60. The van der Waals surface area contributed by atoms with Gasteiger partial charge in [0.05, 0.1) is 7.05 Å². The van der Waals surface area contributed by atoms with E-state index in [1.807, 2.05) is 24.3 Å². The van der Waals surface area contributed by atoms with Crippen LogP contribution in [0.2, 0.25) is 0 Å². The number of rotatable bonds is 4. The summed E-state index contributed by atoms with van der Waals surface area (Å²) in [5.74, 6) is 1.90. The Kier molecular flexibility index (Phi) is 5.25. The molecule has 0 amide bonds. The monoisotopic (exact) mass is 513 g/mol. The van der Waals surface area contributed by atoms with Crippen molar-refractivity contribution in [2.75, 3.05) is 0 Å². The number of imidazole rings is 1. The summed E-state index contributed by atoms with van der Waals surface area (Å²) in [6, 6.07) is 23.5. The van der Waals surface area contributed by atoms with E-state index in [9.17, 15) is 0 Å². The molecular weight excluding hydrogens is 480 g/mol. The lowest BCUT2D eigenvalue weighted by molar-refractivity contribution is -0.659. The summed E-state index contributed by atoms with van der Waals surface area (Å²) in [6.07, 6.45) is 4.35. The van der Waals surface area contributed by atoms with Crippen LogP contribution in [-0.4, -0.2) is 4.57 Å². The molecule has 7 rings (SSSR count). The van der Waals surface area contributed by atoms with Gasteiger partial charge in [-0.15, -0.1) is 0 Å². The van der Waals surface area contributed by atoms with Crippen molar-refractivity contribution < 1.29 is 13.4 Å². The van der Waals surface area contributed by atoms with Gasteiger partial charge in [-0.3, -0.25) is 0 Å². The van der Waals surface area contributed by atoms with Gasteiger partial charge < -0.3 is 8.83 Å². The maximum absolute atomic E-state index is 6.75. The van der Waals surface area contributed by atoms with Crippen LogP contribution >= 0.6 is 0 Å². The highest BCUT2D eigenvalue weighted by atomic mass is 16.3. The van der Waals surface area contributed by atoms with Gasteiger partial charge in [0, 0.05) is 32.7 Å². The van der Waals surface area contributed by atoms with Gasteiger partial charge >= 0.3 is 0 Å². The first-order chi connectivity index (χ1) is 18.8. The summed E-state index contributed by atoms with van der Waals surface area (Å²) < 4.78 is 17.6. The van der Waals surface area contributed by atoms with Gasteiger partial charge in [0.25, 0.3) is 5.82 Å². The number of benzene rings is 4. The van der Waals surface area contributed by atoms with Crippen LogP contribution in [0.5, 0.6) is 0 Å². The zero-order valence-electron chi connectivity index (χ0n) is 23.4. The molecule has 0 spiro atoms. The van der Waals surface area contributed by atoms with Crippen molar-refractivity contribution in [2.45, 2.75) is 46.5 Å². The normalized spacial score (nSPS) is 12.3. The second-order valence-corrected chi connectivity index (χ2v) is 11.3. The molecule has 0 saturated heterocycles. The van der Waals surface area contributed by atoms with E-state index in [1.165, 1.54) is 22.4 Å². The number of aryl methyl sites for hydroxylation is 2. The van der Waals surface area contributed by atoms with Crippen molar-refractivity contribution in [3.8, 4) is 17.1 Å². The molecule has 0 atom stereocenters. The van der Waals surface area contributed by atoms with Crippen LogP contribution in [0.15, 0.2) is 88.0 Å². The highest BCUT2D eigenvalue weighted by molar-refractivity contribution is 6.26. The standard InChI is InChI=1S/C35H33N2O2/c1-20(2)23-11-9-12-24(21(3)4)33(23)37-19-18-36(6)35(37)30-22(5)14-15-26-32-29(39-34(26)30)17-16-28-31(32)25-10-7-8-13-27(25)38-28/h7-21H,1-6H3/q+1. The second-order valence-electron chi connectivity index (χ2n) is 11.3. The van der Waals surface area contributed by atoms with E-state index in [1.54, 1.807) is 0 Å². The largest absolute Gasteiger partial charge is 0.456 e. The van der Waals surface area contributed by atoms with Gasteiger partial charge in [0.2, 0.25) is 0 Å². The minimum absolute atomic E-state index is 0.394. The van der Waals surface area contributed by atoms with Crippen LogP contribution in [0.1, 0.15) is 56.2 Å². The molecule has 0 aliphatic carbocycles. The molecule has 0 bridgehead atoms. The van der Waals surface area contributed by atoms with E-state index >= 15 is 0 Å². The molecule has 0 aliphatic rings. The first-order valence-electron chi connectivity index (χ1n) is 13.8. The number of fused-ring (bicyclic) bond motifs is 7. The van der Waals surface area contributed by atoms with Gasteiger partial charge in [-0.05, 0) is 42.5 Å². The van der Waals surface area contributed by atoms with Crippen molar-refractivity contribution >= 4 is 43.9 Å². The predicted molar refractivity (Wildman–Crippen MR) is 160 cm³/mol. The van der Waals surface area contributed by atoms with Gasteiger partial charge in [-0.25, -0.2) is 4.57 Å². The Morgan fingerprint density at radius 3 is 2.08 bits per heavy atom. The summed E-state index contributed by atoms with van der Waals surface area (Å²) in [5.41, 5.74) is 9.83. The van der Waals surface area contributed by atoms with Crippen molar-refractivity contribution in [1.82, 2.24) is 4.57 Å². The summed E-state index contributed by atoms with van der Waals surface area (Å²) in [5, 5.41) is 4.45. The molecule has 0 aliphatic heterocycles. The second kappa shape index (κ2) is 8.60. The quantitative estimate of drug-likeness (QED) is 0.220. The van der Waals surface area contributed by atoms with Crippen LogP contribution in [-0.2, 0) is 7.05 Å². The maximum atomic E-state index is 6.75. The Morgan fingerprint density at radius 1 is 0.692 bits per heavy atom. The lowest BCUT2D eigenvalue weighted by Gasteiger charge is -2.18. The number of aromatic nitrogens is 2. The number of para-hydroxylation sites is 2. The molecule has 0 radical (unpaired) electrons. The Labute approximate surface area is 228 Å². The lowest BCUT2D eigenvalue weighted by Crippen LogP contribution is -2.29. The molecule has 0 unspecified atom stereocenters. The SMILES string of the molecule is Cc1ccc2c(oc3ccc4oc5ccccc5c4c32)c1-c1n(-c2c(C(C)C)cccc2C(C)C)cc[n+]1C. The molecule has 0 fully saturated rings. The molecule has 0 N–H and O–H groups in total. The van der Waals surface area contributed by atoms with E-state index in [0.717, 1.165) is 55.3 Å². The van der Waals surface area contributed by atoms with Crippen LogP contribution < -0.4 is 4.57 Å². The lowest BCUT2D eigenvalue weighted by atomic mass is 9.92. The predicted octanol–water partition coefficient (Wildman–Crippen LogP) is 9.32. The zero-order chi connectivity index (χ0) is 27.0. The van der Waals surface area contributed by atoms with Gasteiger partial charge in [0.1, 0.15) is 40.4 Å². The van der Waals surface area contributed by atoms with Crippen LogP contribution in [0.4, 0.5) is 0 Å². The topological polar surface area (TPSA) is 35.1 Å². The minimum atomic E-state index is 0.394. The third-order valence-electron chi connectivity index (χ3n) is 8.16. The first kappa shape index (κ1) is 23.8. The van der Waals surface area contributed by atoms with Crippen LogP contribution in [0.3, 0.4) is 0 Å². The fourth-order valence-electron chi connectivity index (χ4n) is 6.27. The van der Waals surface area contributed by atoms with E-state index in [4.69, 9.17) is 8.83 Å². The highest BCUT2D eigenvalue weighted by Gasteiger charge is 2.30. The average molecular weight is 514 g/mol. The van der Waals surface area contributed by atoms with Gasteiger partial charge in [-0.2, -0.15) is 4.57 Å².